The molecule has 1 aromatic carbocycles. The van der Waals surface area contributed by atoms with Crippen molar-refractivity contribution in [1.29, 1.82) is 0 Å². The predicted octanol–water partition coefficient (Wildman–Crippen LogP) is 3.00. The van der Waals surface area contributed by atoms with Gasteiger partial charge in [-0.3, -0.25) is 0 Å². The minimum atomic E-state index is -2.91. The summed E-state index contributed by atoms with van der Waals surface area (Å²) in [4.78, 5) is 0. The minimum absolute atomic E-state index is 0.219. The molecule has 20 heavy (non-hydrogen) atoms. The van der Waals surface area contributed by atoms with Crippen LogP contribution in [0.3, 0.4) is 0 Å². The first-order valence-electron chi connectivity index (χ1n) is 7.19. The third-order valence-corrected chi connectivity index (χ3v) is 5.78. The zero-order chi connectivity index (χ0) is 14.6. The van der Waals surface area contributed by atoms with Crippen molar-refractivity contribution in [3.05, 3.63) is 34.9 Å². The number of sulfone groups is 1. The van der Waals surface area contributed by atoms with Crippen molar-refractivity contribution in [3.63, 3.8) is 0 Å². The number of halogens is 1. The third-order valence-electron chi connectivity index (χ3n) is 3.79. The molecule has 1 N–H and O–H groups in total. The first kappa shape index (κ1) is 15.8. The molecule has 0 aromatic heterocycles. The van der Waals surface area contributed by atoms with Crippen LogP contribution in [-0.2, 0) is 9.84 Å². The molecule has 1 fully saturated rings. The fourth-order valence-electron chi connectivity index (χ4n) is 2.18. The molecule has 1 saturated carbocycles. The van der Waals surface area contributed by atoms with Crippen LogP contribution in [0.25, 0.3) is 0 Å². The summed E-state index contributed by atoms with van der Waals surface area (Å²) in [5, 5.41) is 4.21. The molecular formula is C15H22ClNO2S. The molecule has 0 spiro atoms. The van der Waals surface area contributed by atoms with Crippen molar-refractivity contribution in [1.82, 2.24) is 5.32 Å². The molecule has 1 aromatic rings. The van der Waals surface area contributed by atoms with Crippen LogP contribution >= 0.6 is 11.6 Å². The number of rotatable bonds is 8. The molecule has 2 rings (SSSR count). The third kappa shape index (κ3) is 5.08. The predicted molar refractivity (Wildman–Crippen MR) is 84.2 cm³/mol. The van der Waals surface area contributed by atoms with Gasteiger partial charge in [0.2, 0.25) is 0 Å². The Balaban J connectivity index is 2.00. The second-order valence-corrected chi connectivity index (χ2v) is 8.37. The van der Waals surface area contributed by atoms with E-state index in [2.05, 4.69) is 5.32 Å². The average Bonchev–Trinajstić information content (AvgIpc) is 3.24. The Bertz CT molecular complexity index is 523. The molecule has 0 amide bonds. The van der Waals surface area contributed by atoms with E-state index in [1.54, 1.807) is 6.92 Å². The molecule has 0 aliphatic heterocycles. The van der Waals surface area contributed by atoms with Gasteiger partial charge < -0.3 is 5.32 Å². The molecule has 3 nitrogen and oxygen atoms in total. The van der Waals surface area contributed by atoms with Crippen LogP contribution in [0.15, 0.2) is 24.3 Å². The SMILES string of the molecule is CCS(=O)(=O)CCC(CNC1CC1)c1ccc(Cl)cc1. The Labute approximate surface area is 126 Å². The number of benzene rings is 1. The van der Waals surface area contributed by atoms with E-state index in [9.17, 15) is 8.42 Å². The average molecular weight is 316 g/mol. The lowest BCUT2D eigenvalue weighted by Crippen LogP contribution is -2.25. The highest BCUT2D eigenvalue weighted by molar-refractivity contribution is 7.91. The van der Waals surface area contributed by atoms with Crippen molar-refractivity contribution in [2.24, 2.45) is 0 Å². The summed E-state index contributed by atoms with van der Waals surface area (Å²) >= 11 is 5.91. The van der Waals surface area contributed by atoms with Crippen molar-refractivity contribution >= 4 is 21.4 Å². The second kappa shape index (κ2) is 6.92. The van der Waals surface area contributed by atoms with E-state index >= 15 is 0 Å². The number of hydrogen-bond donors (Lipinski definition) is 1. The lowest BCUT2D eigenvalue weighted by Gasteiger charge is -2.18. The van der Waals surface area contributed by atoms with Gasteiger partial charge in [0.25, 0.3) is 0 Å². The van der Waals surface area contributed by atoms with Gasteiger partial charge in [-0.2, -0.15) is 0 Å². The van der Waals surface area contributed by atoms with Crippen molar-refractivity contribution < 1.29 is 8.42 Å². The topological polar surface area (TPSA) is 46.2 Å². The zero-order valence-corrected chi connectivity index (χ0v) is 13.4. The Morgan fingerprint density at radius 1 is 1.30 bits per heavy atom. The number of nitrogens with one attached hydrogen (secondary N) is 1. The van der Waals surface area contributed by atoms with E-state index in [1.807, 2.05) is 24.3 Å². The van der Waals surface area contributed by atoms with E-state index in [0.717, 1.165) is 12.1 Å². The second-order valence-electron chi connectivity index (χ2n) is 5.46. The molecule has 1 aliphatic carbocycles. The Hall–Kier alpha value is -0.580. The molecule has 1 aliphatic rings. The van der Waals surface area contributed by atoms with Gasteiger partial charge in [0, 0.05) is 23.4 Å². The zero-order valence-electron chi connectivity index (χ0n) is 11.8. The molecular weight excluding hydrogens is 294 g/mol. The maximum Gasteiger partial charge on any atom is 0.150 e. The summed E-state index contributed by atoms with van der Waals surface area (Å²) < 4.78 is 23.4. The summed E-state index contributed by atoms with van der Waals surface area (Å²) in [6.45, 7) is 2.54. The van der Waals surface area contributed by atoms with Gasteiger partial charge in [0.1, 0.15) is 9.84 Å². The summed E-state index contributed by atoms with van der Waals surface area (Å²) in [5.41, 5.74) is 1.16. The number of hydrogen-bond acceptors (Lipinski definition) is 3. The smallest absolute Gasteiger partial charge is 0.150 e. The fourth-order valence-corrected chi connectivity index (χ4v) is 3.24. The van der Waals surface area contributed by atoms with E-state index in [0.29, 0.717) is 17.5 Å². The minimum Gasteiger partial charge on any atom is -0.313 e. The molecule has 1 atom stereocenters. The van der Waals surface area contributed by atoms with Gasteiger partial charge in [-0.05, 0) is 42.9 Å². The van der Waals surface area contributed by atoms with Gasteiger partial charge >= 0.3 is 0 Å². The van der Waals surface area contributed by atoms with E-state index in [1.165, 1.54) is 12.8 Å². The summed E-state index contributed by atoms with van der Waals surface area (Å²) in [6, 6.07) is 8.37. The van der Waals surface area contributed by atoms with Crippen LogP contribution in [0.4, 0.5) is 0 Å². The van der Waals surface area contributed by atoms with Gasteiger partial charge in [0.05, 0.1) is 5.75 Å². The standard InChI is InChI=1S/C15H22ClNO2S/c1-2-20(18,19)10-9-13(11-17-15-7-8-15)12-3-5-14(16)6-4-12/h3-6,13,15,17H,2,7-11H2,1H3. The van der Waals surface area contributed by atoms with Crippen LogP contribution in [0, 0.1) is 0 Å². The van der Waals surface area contributed by atoms with Crippen molar-refractivity contribution in [2.75, 3.05) is 18.1 Å². The van der Waals surface area contributed by atoms with Crippen molar-refractivity contribution in [3.8, 4) is 0 Å². The van der Waals surface area contributed by atoms with Gasteiger partial charge in [-0.15, -0.1) is 0 Å². The van der Waals surface area contributed by atoms with Gasteiger partial charge in [0.15, 0.2) is 0 Å². The Morgan fingerprint density at radius 2 is 1.95 bits per heavy atom. The lowest BCUT2D eigenvalue weighted by molar-refractivity contribution is 0.554. The maximum atomic E-state index is 11.7. The molecule has 0 bridgehead atoms. The first-order chi connectivity index (χ1) is 9.50. The largest absolute Gasteiger partial charge is 0.313 e. The Morgan fingerprint density at radius 3 is 2.50 bits per heavy atom. The highest BCUT2D eigenvalue weighted by Gasteiger charge is 2.23. The van der Waals surface area contributed by atoms with Crippen LogP contribution < -0.4 is 5.32 Å². The summed E-state index contributed by atoms with van der Waals surface area (Å²) in [6.07, 6.45) is 3.14. The maximum absolute atomic E-state index is 11.7. The van der Waals surface area contributed by atoms with E-state index in [4.69, 9.17) is 11.6 Å². The monoisotopic (exact) mass is 315 g/mol. The Kier molecular flexibility index (Phi) is 5.47. The molecule has 0 saturated heterocycles. The highest BCUT2D eigenvalue weighted by Crippen LogP contribution is 2.25. The molecule has 5 heteroatoms. The molecule has 112 valence electrons. The normalized spacial score (nSPS) is 17.1. The van der Waals surface area contributed by atoms with Crippen LogP contribution in [0.5, 0.6) is 0 Å². The molecule has 0 radical (unpaired) electrons. The quantitative estimate of drug-likeness (QED) is 0.802. The summed E-state index contributed by atoms with van der Waals surface area (Å²) in [7, 11) is -2.91. The van der Waals surface area contributed by atoms with E-state index < -0.39 is 9.84 Å². The lowest BCUT2D eigenvalue weighted by atomic mass is 9.96. The van der Waals surface area contributed by atoms with Gasteiger partial charge in [-0.25, -0.2) is 8.42 Å². The van der Waals surface area contributed by atoms with Crippen LogP contribution in [0.1, 0.15) is 37.7 Å². The van der Waals surface area contributed by atoms with Crippen LogP contribution in [0.2, 0.25) is 5.02 Å². The molecule has 1 unspecified atom stereocenters. The van der Waals surface area contributed by atoms with Gasteiger partial charge in [-0.1, -0.05) is 30.7 Å². The highest BCUT2D eigenvalue weighted by atomic mass is 35.5. The first-order valence-corrected chi connectivity index (χ1v) is 9.39. The summed E-state index contributed by atoms with van der Waals surface area (Å²) in [5.74, 6) is 0.702. The van der Waals surface area contributed by atoms with Crippen molar-refractivity contribution in [2.45, 2.75) is 38.1 Å². The van der Waals surface area contributed by atoms with E-state index in [-0.39, 0.29) is 17.4 Å². The molecule has 0 heterocycles. The fraction of sp³-hybridized carbons (Fsp3) is 0.600. The van der Waals surface area contributed by atoms with Crippen LogP contribution in [-0.4, -0.2) is 32.5 Å².